The fourth-order valence-electron chi connectivity index (χ4n) is 3.48. The number of para-hydroxylation sites is 1. The van der Waals surface area contributed by atoms with Crippen molar-refractivity contribution < 1.29 is 0 Å². The number of hydrogen-bond acceptors (Lipinski definition) is 2. The summed E-state index contributed by atoms with van der Waals surface area (Å²) in [6, 6.07) is 9.38. The summed E-state index contributed by atoms with van der Waals surface area (Å²) in [5.41, 5.74) is 2.73. The second-order valence-electron chi connectivity index (χ2n) is 5.84. The maximum Gasteiger partial charge on any atom is 0.0481 e. The van der Waals surface area contributed by atoms with E-state index >= 15 is 0 Å². The number of aryl methyl sites for hydroxylation is 1. The Hall–Kier alpha value is -1.32. The van der Waals surface area contributed by atoms with E-state index in [-0.39, 0.29) is 0 Å². The predicted octanol–water partition coefficient (Wildman–Crippen LogP) is 2.75. The summed E-state index contributed by atoms with van der Waals surface area (Å²) in [6.45, 7) is 6.80. The Morgan fingerprint density at radius 2 is 2.15 bits per heavy atom. The van der Waals surface area contributed by atoms with E-state index in [9.17, 15) is 0 Å². The highest BCUT2D eigenvalue weighted by atomic mass is 15.2. The van der Waals surface area contributed by atoms with E-state index in [1.165, 1.54) is 42.4 Å². The smallest absolute Gasteiger partial charge is 0.0481 e. The van der Waals surface area contributed by atoms with Crippen LogP contribution >= 0.6 is 0 Å². The SMILES string of the molecule is CCN1CCCC1CNCc1cn(C)c2ccccc12. The molecule has 0 spiro atoms. The first-order valence-electron chi connectivity index (χ1n) is 7.77. The molecule has 1 unspecified atom stereocenters. The standard InChI is InChI=1S/C17H25N3/c1-3-20-10-6-7-15(20)12-18-11-14-13-19(2)17-9-5-4-8-16(14)17/h4-5,8-9,13,15,18H,3,6-7,10-12H2,1-2H3. The molecule has 3 rings (SSSR count). The summed E-state index contributed by atoms with van der Waals surface area (Å²) in [5, 5.41) is 5.03. The number of nitrogens with one attached hydrogen (secondary N) is 1. The van der Waals surface area contributed by atoms with Crippen LogP contribution in [0.15, 0.2) is 30.5 Å². The second-order valence-corrected chi connectivity index (χ2v) is 5.84. The van der Waals surface area contributed by atoms with E-state index in [2.05, 4.69) is 59.2 Å². The molecule has 1 atom stereocenters. The molecular formula is C17H25N3. The van der Waals surface area contributed by atoms with Crippen molar-refractivity contribution in [1.82, 2.24) is 14.8 Å². The first kappa shape index (κ1) is 13.7. The van der Waals surface area contributed by atoms with Crippen molar-refractivity contribution in [2.45, 2.75) is 32.4 Å². The molecular weight excluding hydrogens is 246 g/mol. The maximum atomic E-state index is 3.66. The normalized spacial score (nSPS) is 20.0. The van der Waals surface area contributed by atoms with Crippen LogP contribution in [-0.2, 0) is 13.6 Å². The lowest BCUT2D eigenvalue weighted by Gasteiger charge is -2.22. The van der Waals surface area contributed by atoms with Gasteiger partial charge in [-0.25, -0.2) is 0 Å². The number of rotatable bonds is 5. The second kappa shape index (κ2) is 5.98. The van der Waals surface area contributed by atoms with Crippen LogP contribution in [0, 0.1) is 0 Å². The predicted molar refractivity (Wildman–Crippen MR) is 84.9 cm³/mol. The van der Waals surface area contributed by atoms with Gasteiger partial charge in [-0.15, -0.1) is 0 Å². The topological polar surface area (TPSA) is 20.2 Å². The Bertz CT molecular complexity index is 573. The molecule has 0 aliphatic carbocycles. The molecule has 2 heterocycles. The zero-order valence-corrected chi connectivity index (χ0v) is 12.6. The Labute approximate surface area is 121 Å². The summed E-state index contributed by atoms with van der Waals surface area (Å²) in [7, 11) is 2.13. The Balaban J connectivity index is 1.63. The average molecular weight is 271 g/mol. The third-order valence-corrected chi connectivity index (χ3v) is 4.58. The van der Waals surface area contributed by atoms with Crippen molar-refractivity contribution in [3.05, 3.63) is 36.0 Å². The number of nitrogens with zero attached hydrogens (tertiary/aromatic N) is 2. The fraction of sp³-hybridized carbons (Fsp3) is 0.529. The van der Waals surface area contributed by atoms with Crippen molar-refractivity contribution in [3.8, 4) is 0 Å². The van der Waals surface area contributed by atoms with E-state index in [0.29, 0.717) is 0 Å². The summed E-state index contributed by atoms with van der Waals surface area (Å²) in [5.74, 6) is 0. The van der Waals surface area contributed by atoms with Gasteiger partial charge in [0.2, 0.25) is 0 Å². The van der Waals surface area contributed by atoms with Crippen LogP contribution in [0.5, 0.6) is 0 Å². The number of likely N-dealkylation sites (tertiary alicyclic amines) is 1. The molecule has 108 valence electrons. The molecule has 0 saturated carbocycles. The molecule has 1 aliphatic heterocycles. The molecule has 3 heteroatoms. The van der Waals surface area contributed by atoms with Crippen LogP contribution in [0.1, 0.15) is 25.3 Å². The quantitative estimate of drug-likeness (QED) is 0.902. The zero-order valence-electron chi connectivity index (χ0n) is 12.6. The Morgan fingerprint density at radius 3 is 3.00 bits per heavy atom. The minimum Gasteiger partial charge on any atom is -0.350 e. The summed E-state index contributed by atoms with van der Waals surface area (Å²) >= 11 is 0. The number of benzene rings is 1. The zero-order chi connectivity index (χ0) is 13.9. The highest BCUT2D eigenvalue weighted by Gasteiger charge is 2.22. The van der Waals surface area contributed by atoms with Gasteiger partial charge in [0, 0.05) is 43.3 Å². The van der Waals surface area contributed by atoms with Gasteiger partial charge in [0.25, 0.3) is 0 Å². The molecule has 1 N–H and O–H groups in total. The first-order valence-corrected chi connectivity index (χ1v) is 7.77. The van der Waals surface area contributed by atoms with Crippen LogP contribution in [0.2, 0.25) is 0 Å². The van der Waals surface area contributed by atoms with Gasteiger partial charge >= 0.3 is 0 Å². The number of aromatic nitrogens is 1. The van der Waals surface area contributed by atoms with E-state index in [0.717, 1.165) is 19.1 Å². The molecule has 1 aliphatic rings. The minimum absolute atomic E-state index is 0.731. The number of fused-ring (bicyclic) bond motifs is 1. The van der Waals surface area contributed by atoms with Gasteiger partial charge in [-0.05, 0) is 37.6 Å². The maximum absolute atomic E-state index is 3.66. The third-order valence-electron chi connectivity index (χ3n) is 4.58. The molecule has 0 bridgehead atoms. The molecule has 1 fully saturated rings. The van der Waals surface area contributed by atoms with Crippen LogP contribution in [0.4, 0.5) is 0 Å². The Morgan fingerprint density at radius 1 is 1.30 bits per heavy atom. The molecule has 1 saturated heterocycles. The largest absolute Gasteiger partial charge is 0.350 e. The number of hydrogen-bond donors (Lipinski definition) is 1. The molecule has 1 aromatic heterocycles. The molecule has 2 aromatic rings. The van der Waals surface area contributed by atoms with Crippen LogP contribution in [0.3, 0.4) is 0 Å². The van der Waals surface area contributed by atoms with Gasteiger partial charge in [0.15, 0.2) is 0 Å². The highest BCUT2D eigenvalue weighted by molar-refractivity contribution is 5.83. The lowest BCUT2D eigenvalue weighted by molar-refractivity contribution is 0.260. The highest BCUT2D eigenvalue weighted by Crippen LogP contribution is 2.20. The van der Waals surface area contributed by atoms with Gasteiger partial charge in [-0.1, -0.05) is 25.1 Å². The summed E-state index contributed by atoms with van der Waals surface area (Å²) in [6.07, 6.45) is 4.95. The van der Waals surface area contributed by atoms with Crippen LogP contribution < -0.4 is 5.32 Å². The average Bonchev–Trinajstić information content (AvgIpc) is 3.05. The molecule has 0 amide bonds. The monoisotopic (exact) mass is 271 g/mol. The van der Waals surface area contributed by atoms with E-state index in [4.69, 9.17) is 0 Å². The van der Waals surface area contributed by atoms with Gasteiger partial charge < -0.3 is 9.88 Å². The molecule has 3 nitrogen and oxygen atoms in total. The Kier molecular flexibility index (Phi) is 4.08. The van der Waals surface area contributed by atoms with Crippen molar-refractivity contribution in [3.63, 3.8) is 0 Å². The fourth-order valence-corrected chi connectivity index (χ4v) is 3.48. The van der Waals surface area contributed by atoms with E-state index in [1.54, 1.807) is 0 Å². The molecule has 0 radical (unpaired) electrons. The van der Waals surface area contributed by atoms with Crippen molar-refractivity contribution in [2.24, 2.45) is 7.05 Å². The van der Waals surface area contributed by atoms with E-state index in [1.807, 2.05) is 0 Å². The van der Waals surface area contributed by atoms with Crippen LogP contribution in [0.25, 0.3) is 10.9 Å². The molecule has 20 heavy (non-hydrogen) atoms. The molecule has 1 aromatic carbocycles. The first-order chi connectivity index (χ1) is 9.79. The van der Waals surface area contributed by atoms with Gasteiger partial charge in [0.05, 0.1) is 0 Å². The summed E-state index contributed by atoms with van der Waals surface area (Å²) < 4.78 is 2.22. The number of likely N-dealkylation sites (N-methyl/N-ethyl adjacent to an activating group) is 1. The van der Waals surface area contributed by atoms with Crippen LogP contribution in [-0.4, -0.2) is 35.1 Å². The lowest BCUT2D eigenvalue weighted by Crippen LogP contribution is -2.37. The third kappa shape index (κ3) is 2.60. The van der Waals surface area contributed by atoms with Crippen molar-refractivity contribution >= 4 is 10.9 Å². The lowest BCUT2D eigenvalue weighted by atomic mass is 10.1. The van der Waals surface area contributed by atoms with Crippen molar-refractivity contribution in [2.75, 3.05) is 19.6 Å². The summed E-state index contributed by atoms with van der Waals surface area (Å²) in [4.78, 5) is 2.59. The van der Waals surface area contributed by atoms with Crippen molar-refractivity contribution in [1.29, 1.82) is 0 Å². The van der Waals surface area contributed by atoms with E-state index < -0.39 is 0 Å². The van der Waals surface area contributed by atoms with Gasteiger partial charge in [-0.3, -0.25) is 4.90 Å². The minimum atomic E-state index is 0.731. The van der Waals surface area contributed by atoms with Gasteiger partial charge in [-0.2, -0.15) is 0 Å². The van der Waals surface area contributed by atoms with Gasteiger partial charge in [0.1, 0.15) is 0 Å².